The molecule has 0 aliphatic heterocycles. The van der Waals surface area contributed by atoms with Crippen LogP contribution in [0.15, 0.2) is 24.3 Å². The Morgan fingerprint density at radius 3 is 2.30 bits per heavy atom. The average Bonchev–Trinajstić information content (AvgIpc) is 2.76. The second-order valence-corrected chi connectivity index (χ2v) is 7.47. The van der Waals surface area contributed by atoms with E-state index in [2.05, 4.69) is 0 Å². The number of phenols is 1. The number of hydrogen-bond acceptors (Lipinski definition) is 3. The van der Waals surface area contributed by atoms with Crippen LogP contribution in [0.4, 0.5) is 0 Å². The molecule has 1 aromatic heterocycles. The number of carbonyl (C=O) groups excluding carboxylic acids is 1. The third-order valence-electron chi connectivity index (χ3n) is 3.33. The summed E-state index contributed by atoms with van der Waals surface area (Å²) in [6, 6.07) is 7.40. The highest BCUT2D eigenvalue weighted by molar-refractivity contribution is 7.14. The molecule has 106 valence electrons. The summed E-state index contributed by atoms with van der Waals surface area (Å²) in [5, 5.41) is 10.2. The van der Waals surface area contributed by atoms with E-state index in [1.165, 1.54) is 11.3 Å². The number of ketones is 1. The Labute approximate surface area is 124 Å². The van der Waals surface area contributed by atoms with Gasteiger partial charge in [-0.2, -0.15) is 0 Å². The van der Waals surface area contributed by atoms with Crippen molar-refractivity contribution in [2.75, 3.05) is 0 Å². The van der Waals surface area contributed by atoms with Gasteiger partial charge in [-0.25, -0.2) is 0 Å². The molecular weight excluding hydrogens is 268 g/mol. The molecule has 0 spiro atoms. The molecule has 0 saturated heterocycles. The summed E-state index contributed by atoms with van der Waals surface area (Å²) in [6.07, 6.45) is 0. The maximum absolute atomic E-state index is 12.5. The molecule has 0 aliphatic carbocycles. The SMILES string of the molecule is Cc1ccc(C(=O)c2cc(C)c(O)c(C(C)(C)C)c2)s1. The molecule has 0 saturated carbocycles. The van der Waals surface area contributed by atoms with Crippen molar-refractivity contribution in [1.82, 2.24) is 0 Å². The highest BCUT2D eigenvalue weighted by Crippen LogP contribution is 2.35. The molecule has 0 bridgehead atoms. The highest BCUT2D eigenvalue weighted by atomic mass is 32.1. The van der Waals surface area contributed by atoms with Crippen LogP contribution in [-0.2, 0) is 5.41 Å². The van der Waals surface area contributed by atoms with Gasteiger partial charge < -0.3 is 5.11 Å². The van der Waals surface area contributed by atoms with Crippen LogP contribution in [0.3, 0.4) is 0 Å². The van der Waals surface area contributed by atoms with Gasteiger partial charge in [0.15, 0.2) is 0 Å². The van der Waals surface area contributed by atoms with Crippen LogP contribution < -0.4 is 0 Å². The topological polar surface area (TPSA) is 37.3 Å². The minimum atomic E-state index is -0.198. The van der Waals surface area contributed by atoms with E-state index in [0.717, 1.165) is 20.9 Å². The lowest BCUT2D eigenvalue weighted by molar-refractivity contribution is 0.104. The Hall–Kier alpha value is -1.61. The zero-order valence-corrected chi connectivity index (χ0v) is 13.4. The van der Waals surface area contributed by atoms with E-state index in [1.54, 1.807) is 6.07 Å². The molecule has 0 unspecified atom stereocenters. The lowest BCUT2D eigenvalue weighted by Crippen LogP contribution is -2.13. The van der Waals surface area contributed by atoms with E-state index in [0.29, 0.717) is 5.56 Å². The first-order valence-electron chi connectivity index (χ1n) is 6.65. The number of thiophene rings is 1. The van der Waals surface area contributed by atoms with Gasteiger partial charge in [-0.15, -0.1) is 11.3 Å². The molecule has 1 aromatic carbocycles. The minimum absolute atomic E-state index is 0.0247. The zero-order valence-electron chi connectivity index (χ0n) is 12.6. The molecule has 0 radical (unpaired) electrons. The van der Waals surface area contributed by atoms with Crippen LogP contribution in [0.5, 0.6) is 5.75 Å². The summed E-state index contributed by atoms with van der Waals surface area (Å²) in [5.41, 5.74) is 2.01. The van der Waals surface area contributed by atoms with Crippen LogP contribution in [0, 0.1) is 13.8 Å². The van der Waals surface area contributed by atoms with Crippen molar-refractivity contribution in [2.24, 2.45) is 0 Å². The van der Waals surface area contributed by atoms with Crippen molar-refractivity contribution >= 4 is 17.1 Å². The van der Waals surface area contributed by atoms with Crippen LogP contribution in [0.1, 0.15) is 52.0 Å². The van der Waals surface area contributed by atoms with Gasteiger partial charge in [-0.1, -0.05) is 20.8 Å². The fourth-order valence-corrected chi connectivity index (χ4v) is 3.01. The molecule has 0 aliphatic rings. The Bertz CT molecular complexity index is 660. The third kappa shape index (κ3) is 2.78. The second kappa shape index (κ2) is 5.06. The molecule has 2 aromatic rings. The van der Waals surface area contributed by atoms with Crippen molar-refractivity contribution in [1.29, 1.82) is 0 Å². The quantitative estimate of drug-likeness (QED) is 0.820. The number of rotatable bonds is 2. The molecule has 0 amide bonds. The number of phenolic OH excluding ortho intramolecular Hbond substituents is 1. The van der Waals surface area contributed by atoms with Gasteiger partial charge in [0.25, 0.3) is 0 Å². The van der Waals surface area contributed by atoms with Crippen molar-refractivity contribution in [3.8, 4) is 5.75 Å². The first-order chi connectivity index (χ1) is 9.20. The monoisotopic (exact) mass is 288 g/mol. The molecule has 0 fully saturated rings. The zero-order chi connectivity index (χ0) is 15.1. The van der Waals surface area contributed by atoms with Crippen molar-refractivity contribution in [3.05, 3.63) is 50.7 Å². The Morgan fingerprint density at radius 2 is 1.80 bits per heavy atom. The van der Waals surface area contributed by atoms with Crippen LogP contribution in [0.2, 0.25) is 0 Å². The maximum Gasteiger partial charge on any atom is 0.202 e. The molecule has 1 heterocycles. The molecular formula is C17H20O2S. The Morgan fingerprint density at radius 1 is 1.15 bits per heavy atom. The normalized spacial score (nSPS) is 11.7. The Balaban J connectivity index is 2.53. The summed E-state index contributed by atoms with van der Waals surface area (Å²) in [6.45, 7) is 9.92. The second-order valence-electron chi connectivity index (χ2n) is 6.18. The molecule has 20 heavy (non-hydrogen) atoms. The minimum Gasteiger partial charge on any atom is -0.507 e. The molecule has 2 nitrogen and oxygen atoms in total. The van der Waals surface area contributed by atoms with Gasteiger partial charge in [-0.3, -0.25) is 4.79 Å². The van der Waals surface area contributed by atoms with E-state index in [-0.39, 0.29) is 16.9 Å². The summed E-state index contributed by atoms with van der Waals surface area (Å²) < 4.78 is 0. The standard InChI is InChI=1S/C17H20O2S/c1-10-8-12(9-13(15(10)18)17(3,4)5)16(19)14-7-6-11(2)20-14/h6-9,18H,1-5H3. The summed E-state index contributed by atoms with van der Waals surface area (Å²) in [7, 11) is 0. The van der Waals surface area contributed by atoms with Crippen LogP contribution in [-0.4, -0.2) is 10.9 Å². The first kappa shape index (κ1) is 14.8. The van der Waals surface area contributed by atoms with Gasteiger partial charge in [0.2, 0.25) is 5.78 Å². The highest BCUT2D eigenvalue weighted by Gasteiger charge is 2.22. The van der Waals surface area contributed by atoms with Crippen molar-refractivity contribution < 1.29 is 9.90 Å². The van der Waals surface area contributed by atoms with E-state index >= 15 is 0 Å². The molecule has 1 N–H and O–H groups in total. The predicted octanol–water partition coefficient (Wildman–Crippen LogP) is 4.60. The number of carbonyl (C=O) groups is 1. The van der Waals surface area contributed by atoms with Crippen molar-refractivity contribution in [2.45, 2.75) is 40.0 Å². The average molecular weight is 288 g/mol. The number of hydrogen-bond donors (Lipinski definition) is 1. The van der Waals surface area contributed by atoms with E-state index < -0.39 is 0 Å². The first-order valence-corrected chi connectivity index (χ1v) is 7.47. The van der Waals surface area contributed by atoms with Gasteiger partial charge in [-0.05, 0) is 49.1 Å². The number of benzene rings is 1. The smallest absolute Gasteiger partial charge is 0.202 e. The van der Waals surface area contributed by atoms with E-state index in [4.69, 9.17) is 0 Å². The summed E-state index contributed by atoms with van der Waals surface area (Å²) in [5.74, 6) is 0.313. The van der Waals surface area contributed by atoms with Crippen LogP contribution in [0.25, 0.3) is 0 Å². The van der Waals surface area contributed by atoms with E-state index in [1.807, 2.05) is 52.8 Å². The maximum atomic E-state index is 12.5. The lowest BCUT2D eigenvalue weighted by Gasteiger charge is -2.22. The largest absolute Gasteiger partial charge is 0.507 e. The molecule has 3 heteroatoms. The Kier molecular flexibility index (Phi) is 3.74. The van der Waals surface area contributed by atoms with Gasteiger partial charge in [0, 0.05) is 16.0 Å². The number of aryl methyl sites for hydroxylation is 2. The molecule has 0 atom stereocenters. The fraction of sp³-hybridized carbons (Fsp3) is 0.353. The van der Waals surface area contributed by atoms with Gasteiger partial charge >= 0.3 is 0 Å². The van der Waals surface area contributed by atoms with Gasteiger partial charge in [0.05, 0.1) is 4.88 Å². The molecule has 2 rings (SSSR count). The predicted molar refractivity (Wildman–Crippen MR) is 84.0 cm³/mol. The van der Waals surface area contributed by atoms with Gasteiger partial charge in [0.1, 0.15) is 5.75 Å². The third-order valence-corrected chi connectivity index (χ3v) is 4.33. The van der Waals surface area contributed by atoms with Crippen molar-refractivity contribution in [3.63, 3.8) is 0 Å². The summed E-state index contributed by atoms with van der Waals surface area (Å²) >= 11 is 1.50. The lowest BCUT2D eigenvalue weighted by atomic mass is 9.83. The fourth-order valence-electron chi connectivity index (χ4n) is 2.18. The number of aromatic hydroxyl groups is 1. The van der Waals surface area contributed by atoms with E-state index in [9.17, 15) is 9.90 Å². The summed E-state index contributed by atoms with van der Waals surface area (Å²) in [4.78, 5) is 14.4. The van der Waals surface area contributed by atoms with Crippen LogP contribution >= 0.6 is 11.3 Å².